The molecule has 6 heteroatoms. The summed E-state index contributed by atoms with van der Waals surface area (Å²) in [7, 11) is 0. The van der Waals surface area contributed by atoms with Crippen LogP contribution >= 0.6 is 0 Å². The molecule has 0 heterocycles. The van der Waals surface area contributed by atoms with E-state index in [1.165, 1.54) is 6.08 Å². The van der Waals surface area contributed by atoms with Crippen LogP contribution < -0.4 is 11.1 Å². The van der Waals surface area contributed by atoms with Crippen molar-refractivity contribution in [1.82, 2.24) is 5.32 Å². The van der Waals surface area contributed by atoms with Crippen LogP contribution in [0, 0.1) is 0 Å². The van der Waals surface area contributed by atoms with Crippen molar-refractivity contribution >= 4 is 23.1 Å². The molecule has 0 aliphatic heterocycles. The van der Waals surface area contributed by atoms with Gasteiger partial charge in [-0.15, -0.1) is 0 Å². The molecule has 0 bridgehead atoms. The topological polar surface area (TPSA) is 106 Å². The Morgan fingerprint density at radius 1 is 0.848 bits per heavy atom. The van der Waals surface area contributed by atoms with E-state index in [2.05, 4.69) is 5.32 Å². The van der Waals surface area contributed by atoms with Crippen LogP contribution in [0.3, 0.4) is 0 Å². The molecule has 2 aromatic rings. The van der Waals surface area contributed by atoms with Gasteiger partial charge in [-0.2, -0.15) is 0 Å². The summed E-state index contributed by atoms with van der Waals surface area (Å²) in [4.78, 5) is 50.6. The van der Waals surface area contributed by atoms with Gasteiger partial charge in [-0.3, -0.25) is 19.2 Å². The predicted molar refractivity (Wildman–Crippen MR) is 123 cm³/mol. The number of hydrogen-bond donors (Lipinski definition) is 2. The minimum Gasteiger partial charge on any atom is -0.395 e. The molecule has 3 N–H and O–H groups in total. The summed E-state index contributed by atoms with van der Waals surface area (Å²) in [6.45, 7) is 1.58. The van der Waals surface area contributed by atoms with Crippen LogP contribution in [0.5, 0.6) is 0 Å². The summed E-state index contributed by atoms with van der Waals surface area (Å²) in [5.41, 5.74) is 9.09. The summed E-state index contributed by atoms with van der Waals surface area (Å²) in [5.74, 6) is -0.657. The van der Waals surface area contributed by atoms with Crippen LogP contribution in [0.15, 0.2) is 65.5 Å². The molecule has 2 unspecified atom stereocenters. The normalized spacial score (nSPS) is 22.6. The molecule has 0 radical (unpaired) electrons. The second kappa shape index (κ2) is 7.96. The van der Waals surface area contributed by atoms with Gasteiger partial charge < -0.3 is 11.1 Å². The Morgan fingerprint density at radius 3 is 2.36 bits per heavy atom. The zero-order valence-corrected chi connectivity index (χ0v) is 18.3. The van der Waals surface area contributed by atoms with E-state index in [9.17, 15) is 19.2 Å². The number of benzene rings is 2. The van der Waals surface area contributed by atoms with Crippen molar-refractivity contribution < 1.29 is 19.2 Å². The number of Topliss-reactive ketones (excluding diaryl/α,β-unsaturated/α-hetero) is 3. The zero-order valence-electron chi connectivity index (χ0n) is 18.3. The number of nitrogens with two attached hydrogens (primary N) is 1. The average Bonchev–Trinajstić information content (AvgIpc) is 2.84. The number of hydrogen-bond acceptors (Lipinski definition) is 6. The van der Waals surface area contributed by atoms with Crippen LogP contribution in [0.25, 0.3) is 0 Å². The van der Waals surface area contributed by atoms with E-state index < -0.39 is 0 Å². The van der Waals surface area contributed by atoms with Crippen LogP contribution in [-0.2, 0) is 0 Å². The Morgan fingerprint density at radius 2 is 1.58 bits per heavy atom. The predicted octanol–water partition coefficient (Wildman–Crippen LogP) is 3.88. The lowest BCUT2D eigenvalue weighted by Crippen LogP contribution is -2.37. The number of nitrogens with one attached hydrogen (secondary N) is 1. The highest BCUT2D eigenvalue weighted by Crippen LogP contribution is 2.36. The molecule has 166 valence electrons. The third-order valence-corrected chi connectivity index (χ3v) is 6.98. The second-order valence-electron chi connectivity index (χ2n) is 9.00. The van der Waals surface area contributed by atoms with E-state index in [0.717, 1.165) is 31.2 Å². The van der Waals surface area contributed by atoms with Crippen LogP contribution in [0.1, 0.15) is 85.5 Å². The van der Waals surface area contributed by atoms with Crippen molar-refractivity contribution in [3.8, 4) is 0 Å². The van der Waals surface area contributed by atoms with Crippen molar-refractivity contribution in [2.75, 3.05) is 0 Å². The summed E-state index contributed by atoms with van der Waals surface area (Å²) < 4.78 is 0. The molecule has 3 aliphatic carbocycles. The van der Waals surface area contributed by atoms with E-state index in [0.29, 0.717) is 33.5 Å². The molecular weight excluding hydrogens is 416 g/mol. The molecule has 0 amide bonds. The van der Waals surface area contributed by atoms with Gasteiger partial charge in [0.05, 0.1) is 11.4 Å². The molecule has 6 nitrogen and oxygen atoms in total. The molecule has 0 spiro atoms. The highest BCUT2D eigenvalue weighted by molar-refractivity contribution is 6.26. The van der Waals surface area contributed by atoms with Gasteiger partial charge in [0.25, 0.3) is 0 Å². The summed E-state index contributed by atoms with van der Waals surface area (Å²) in [6, 6.07) is 12.3. The number of carbonyl (C=O) groups is 4. The third-order valence-electron chi connectivity index (χ3n) is 6.98. The van der Waals surface area contributed by atoms with Gasteiger partial charge in [-0.05, 0) is 49.8 Å². The smallest absolute Gasteiger partial charge is 0.209 e. The fraction of sp³-hybridized carbons (Fsp3) is 0.259. The van der Waals surface area contributed by atoms with E-state index in [-0.39, 0.29) is 40.8 Å². The molecule has 3 aliphatic rings. The van der Waals surface area contributed by atoms with Crippen molar-refractivity contribution in [3.05, 3.63) is 93.3 Å². The molecule has 2 aromatic carbocycles. The Hall–Kier alpha value is -3.80. The standard InChI is InChI=1S/C27H24N2O4/c1-14-24(28)27(33)20-10-9-16(12-21(20)25(14)31)15-5-4-6-17(11-15)29-22-13-23(30)18-7-2-3-8-19(18)26(22)32/h2-3,7-10,12-13,15,17,29H,4-6,11,28H2,1H3. The first-order chi connectivity index (χ1) is 15.8. The minimum absolute atomic E-state index is 0.0173. The summed E-state index contributed by atoms with van der Waals surface area (Å²) in [6.07, 6.45) is 4.95. The van der Waals surface area contributed by atoms with Crippen LogP contribution in [0.2, 0.25) is 0 Å². The maximum absolute atomic E-state index is 12.9. The maximum atomic E-state index is 12.9. The lowest BCUT2D eigenvalue weighted by atomic mass is 9.78. The van der Waals surface area contributed by atoms with E-state index in [4.69, 9.17) is 5.73 Å². The van der Waals surface area contributed by atoms with E-state index in [1.807, 2.05) is 12.1 Å². The third kappa shape index (κ3) is 3.52. The van der Waals surface area contributed by atoms with Gasteiger partial charge in [-0.25, -0.2) is 0 Å². The number of carbonyl (C=O) groups excluding carboxylic acids is 4. The monoisotopic (exact) mass is 440 g/mol. The Bertz CT molecular complexity index is 1300. The fourth-order valence-electron chi connectivity index (χ4n) is 5.11. The second-order valence-corrected chi connectivity index (χ2v) is 9.00. The zero-order chi connectivity index (χ0) is 23.3. The summed E-state index contributed by atoms with van der Waals surface area (Å²) >= 11 is 0. The molecule has 1 saturated carbocycles. The highest BCUT2D eigenvalue weighted by atomic mass is 16.1. The molecule has 0 aromatic heterocycles. The number of allylic oxidation sites excluding steroid dienone is 4. The Kier molecular flexibility index (Phi) is 5.08. The molecule has 5 rings (SSSR count). The Balaban J connectivity index is 1.36. The van der Waals surface area contributed by atoms with Crippen molar-refractivity contribution in [3.63, 3.8) is 0 Å². The number of fused-ring (bicyclic) bond motifs is 2. The molecule has 0 saturated heterocycles. The van der Waals surface area contributed by atoms with Gasteiger partial charge in [0.15, 0.2) is 11.6 Å². The van der Waals surface area contributed by atoms with Crippen molar-refractivity contribution in [2.45, 2.75) is 44.6 Å². The lowest BCUT2D eigenvalue weighted by molar-refractivity contribution is 0.0973. The van der Waals surface area contributed by atoms with Gasteiger partial charge in [-0.1, -0.05) is 36.8 Å². The van der Waals surface area contributed by atoms with E-state index in [1.54, 1.807) is 37.3 Å². The first-order valence-electron chi connectivity index (χ1n) is 11.2. The van der Waals surface area contributed by atoms with Crippen LogP contribution in [0.4, 0.5) is 0 Å². The fourth-order valence-corrected chi connectivity index (χ4v) is 5.11. The van der Waals surface area contributed by atoms with Crippen LogP contribution in [-0.4, -0.2) is 29.2 Å². The number of rotatable bonds is 3. The highest BCUT2D eigenvalue weighted by Gasteiger charge is 2.32. The molecule has 33 heavy (non-hydrogen) atoms. The van der Waals surface area contributed by atoms with Crippen molar-refractivity contribution in [1.29, 1.82) is 0 Å². The van der Waals surface area contributed by atoms with Gasteiger partial charge in [0.1, 0.15) is 0 Å². The van der Waals surface area contributed by atoms with Crippen molar-refractivity contribution in [2.24, 2.45) is 5.73 Å². The minimum atomic E-state index is -0.301. The van der Waals surface area contributed by atoms with Gasteiger partial charge in [0, 0.05) is 39.9 Å². The van der Waals surface area contributed by atoms with E-state index >= 15 is 0 Å². The first-order valence-corrected chi connectivity index (χ1v) is 11.2. The summed E-state index contributed by atoms with van der Waals surface area (Å²) in [5, 5.41) is 3.32. The largest absolute Gasteiger partial charge is 0.395 e. The SMILES string of the molecule is CC1=C(N)C(=O)c2ccc(C3CCCC(NC4=CC(=O)c5ccccc5C4=O)C3)cc2C1=O. The number of ketones is 4. The average molecular weight is 440 g/mol. The molecule has 1 fully saturated rings. The van der Waals surface area contributed by atoms with Gasteiger partial charge in [0.2, 0.25) is 11.6 Å². The quantitative estimate of drug-likeness (QED) is 0.750. The van der Waals surface area contributed by atoms with Gasteiger partial charge >= 0.3 is 0 Å². The molecule has 2 atom stereocenters. The molecular formula is C27H24N2O4. The lowest BCUT2D eigenvalue weighted by Gasteiger charge is -2.32. The Labute approximate surface area is 191 Å². The first kappa shape index (κ1) is 21.1. The maximum Gasteiger partial charge on any atom is 0.209 e.